The Balaban J connectivity index is 2.53. The first-order valence-corrected chi connectivity index (χ1v) is 5.17. The number of benzene rings is 2. The van der Waals surface area contributed by atoms with Crippen molar-refractivity contribution < 1.29 is 9.50 Å². The van der Waals surface area contributed by atoms with Gasteiger partial charge in [0.2, 0.25) is 0 Å². The molecule has 2 aromatic carbocycles. The Morgan fingerprint density at radius 2 is 1.75 bits per heavy atom. The van der Waals surface area contributed by atoms with Crippen LogP contribution in [0, 0.1) is 12.7 Å². The summed E-state index contributed by atoms with van der Waals surface area (Å²) in [7, 11) is 0. The number of hydrogen-bond donors (Lipinski definition) is 1. The van der Waals surface area contributed by atoms with Gasteiger partial charge in [-0.3, -0.25) is 0 Å². The minimum absolute atomic E-state index is 0.257. The van der Waals surface area contributed by atoms with Gasteiger partial charge in [0, 0.05) is 5.56 Å². The van der Waals surface area contributed by atoms with E-state index in [2.05, 4.69) is 0 Å². The zero-order valence-electron chi connectivity index (χ0n) is 9.07. The van der Waals surface area contributed by atoms with Gasteiger partial charge in [0.25, 0.3) is 0 Å². The van der Waals surface area contributed by atoms with Crippen LogP contribution in [0.2, 0.25) is 0 Å². The zero-order valence-corrected chi connectivity index (χ0v) is 9.07. The third-order valence-corrected chi connectivity index (χ3v) is 2.68. The molecule has 82 valence electrons. The third kappa shape index (κ3) is 1.97. The molecule has 0 spiro atoms. The summed E-state index contributed by atoms with van der Waals surface area (Å²) in [5.74, 6) is -0.346. The Hall–Kier alpha value is -1.67. The van der Waals surface area contributed by atoms with Crippen LogP contribution in [0.4, 0.5) is 4.39 Å². The van der Waals surface area contributed by atoms with E-state index < -0.39 is 0 Å². The number of aliphatic hydroxyl groups excluding tert-OH is 1. The van der Waals surface area contributed by atoms with Crippen molar-refractivity contribution in [2.45, 2.75) is 13.5 Å². The molecule has 1 N–H and O–H groups in total. The van der Waals surface area contributed by atoms with Gasteiger partial charge in [0.1, 0.15) is 5.82 Å². The smallest absolute Gasteiger partial charge is 0.129 e. The van der Waals surface area contributed by atoms with Gasteiger partial charge < -0.3 is 5.11 Å². The second kappa shape index (κ2) is 4.45. The van der Waals surface area contributed by atoms with E-state index >= 15 is 0 Å². The predicted molar refractivity (Wildman–Crippen MR) is 62.5 cm³/mol. The number of halogens is 1. The van der Waals surface area contributed by atoms with Crippen molar-refractivity contribution in [3.8, 4) is 11.1 Å². The van der Waals surface area contributed by atoms with Crippen LogP contribution < -0.4 is 0 Å². The lowest BCUT2D eigenvalue weighted by atomic mass is 10.00. The van der Waals surface area contributed by atoms with E-state index in [4.69, 9.17) is 5.11 Å². The van der Waals surface area contributed by atoms with E-state index in [1.54, 1.807) is 6.92 Å². The van der Waals surface area contributed by atoms with Crippen LogP contribution in [0.3, 0.4) is 0 Å². The van der Waals surface area contributed by atoms with E-state index in [0.717, 1.165) is 16.7 Å². The van der Waals surface area contributed by atoms with Gasteiger partial charge in [-0.1, -0.05) is 36.4 Å². The van der Waals surface area contributed by atoms with Gasteiger partial charge in [0.05, 0.1) is 6.61 Å². The number of aliphatic hydroxyl groups is 1. The predicted octanol–water partition coefficient (Wildman–Crippen LogP) is 3.29. The number of rotatable bonds is 2. The van der Waals surface area contributed by atoms with Crippen molar-refractivity contribution in [3.63, 3.8) is 0 Å². The highest BCUT2D eigenvalue weighted by atomic mass is 19.1. The molecule has 2 aromatic rings. The lowest BCUT2D eigenvalue weighted by molar-refractivity contribution is 0.275. The summed E-state index contributed by atoms with van der Waals surface area (Å²) in [4.78, 5) is 0. The summed E-state index contributed by atoms with van der Waals surface area (Å²) < 4.78 is 13.6. The Bertz CT molecular complexity index is 468. The van der Waals surface area contributed by atoms with Crippen molar-refractivity contribution in [2.75, 3.05) is 0 Å². The van der Waals surface area contributed by atoms with Crippen LogP contribution >= 0.6 is 0 Å². The zero-order chi connectivity index (χ0) is 11.5. The van der Waals surface area contributed by atoms with Crippen LogP contribution in [0.1, 0.15) is 11.1 Å². The second-order valence-electron chi connectivity index (χ2n) is 3.78. The molecule has 2 heteroatoms. The third-order valence-electron chi connectivity index (χ3n) is 2.68. The topological polar surface area (TPSA) is 20.2 Å². The lowest BCUT2D eigenvalue weighted by Crippen LogP contribution is -1.95. The molecule has 16 heavy (non-hydrogen) atoms. The summed E-state index contributed by atoms with van der Waals surface area (Å²) >= 11 is 0. The first-order chi connectivity index (χ1) is 7.72. The molecule has 0 bridgehead atoms. The molecule has 0 saturated carbocycles. The first kappa shape index (κ1) is 10.8. The maximum atomic E-state index is 13.6. The summed E-state index contributed by atoms with van der Waals surface area (Å²) in [5.41, 5.74) is 2.97. The SMILES string of the molecule is Cc1cc(-c2ccccc2)cc(F)c1CO. The molecule has 0 aliphatic rings. The Kier molecular flexibility index (Phi) is 3.02. The monoisotopic (exact) mass is 216 g/mol. The molecule has 2 rings (SSSR count). The van der Waals surface area contributed by atoms with Crippen molar-refractivity contribution >= 4 is 0 Å². The lowest BCUT2D eigenvalue weighted by Gasteiger charge is -2.08. The molecule has 0 aromatic heterocycles. The fourth-order valence-corrected chi connectivity index (χ4v) is 1.77. The maximum absolute atomic E-state index is 13.6. The molecule has 0 radical (unpaired) electrons. The first-order valence-electron chi connectivity index (χ1n) is 5.17. The van der Waals surface area contributed by atoms with E-state index in [0.29, 0.717) is 5.56 Å². The molecular formula is C14H13FO. The summed E-state index contributed by atoms with van der Waals surface area (Å²) in [6.07, 6.45) is 0. The minimum Gasteiger partial charge on any atom is -0.392 e. The number of aryl methyl sites for hydroxylation is 1. The fourth-order valence-electron chi connectivity index (χ4n) is 1.77. The molecular weight excluding hydrogens is 203 g/mol. The van der Waals surface area contributed by atoms with Crippen LogP contribution in [0.25, 0.3) is 11.1 Å². The Labute approximate surface area is 94.2 Å². The second-order valence-corrected chi connectivity index (χ2v) is 3.78. The molecule has 0 fully saturated rings. The van der Waals surface area contributed by atoms with Crippen molar-refractivity contribution in [3.05, 3.63) is 59.4 Å². The van der Waals surface area contributed by atoms with Crippen molar-refractivity contribution in [1.82, 2.24) is 0 Å². The van der Waals surface area contributed by atoms with Crippen LogP contribution in [0.15, 0.2) is 42.5 Å². The Morgan fingerprint density at radius 3 is 2.31 bits per heavy atom. The summed E-state index contributed by atoms with van der Waals surface area (Å²) in [6, 6.07) is 13.0. The van der Waals surface area contributed by atoms with E-state index in [1.165, 1.54) is 6.07 Å². The molecule has 1 nitrogen and oxygen atoms in total. The number of hydrogen-bond acceptors (Lipinski definition) is 1. The van der Waals surface area contributed by atoms with Crippen molar-refractivity contribution in [2.24, 2.45) is 0 Å². The van der Waals surface area contributed by atoms with Gasteiger partial charge in [-0.25, -0.2) is 4.39 Å². The molecule has 0 amide bonds. The highest BCUT2D eigenvalue weighted by Gasteiger charge is 2.07. The fraction of sp³-hybridized carbons (Fsp3) is 0.143. The maximum Gasteiger partial charge on any atom is 0.129 e. The minimum atomic E-state index is -0.346. The quantitative estimate of drug-likeness (QED) is 0.816. The normalized spacial score (nSPS) is 10.4. The largest absolute Gasteiger partial charge is 0.392 e. The van der Waals surface area contributed by atoms with Gasteiger partial charge in [0.15, 0.2) is 0 Å². The van der Waals surface area contributed by atoms with E-state index in [-0.39, 0.29) is 12.4 Å². The highest BCUT2D eigenvalue weighted by Crippen LogP contribution is 2.24. The van der Waals surface area contributed by atoms with Crippen LogP contribution in [-0.4, -0.2) is 5.11 Å². The van der Waals surface area contributed by atoms with Gasteiger partial charge >= 0.3 is 0 Å². The van der Waals surface area contributed by atoms with E-state index in [1.807, 2.05) is 36.4 Å². The standard InChI is InChI=1S/C14H13FO/c1-10-7-12(8-14(15)13(10)9-16)11-5-3-2-4-6-11/h2-8,16H,9H2,1H3. The molecule has 0 unspecified atom stereocenters. The molecule has 0 aliphatic heterocycles. The highest BCUT2D eigenvalue weighted by molar-refractivity contribution is 5.64. The van der Waals surface area contributed by atoms with Gasteiger partial charge in [-0.2, -0.15) is 0 Å². The van der Waals surface area contributed by atoms with E-state index in [9.17, 15) is 4.39 Å². The molecule has 0 heterocycles. The van der Waals surface area contributed by atoms with Crippen molar-refractivity contribution in [1.29, 1.82) is 0 Å². The summed E-state index contributed by atoms with van der Waals surface area (Å²) in [6.45, 7) is 1.55. The van der Waals surface area contributed by atoms with Gasteiger partial charge in [-0.05, 0) is 29.7 Å². The van der Waals surface area contributed by atoms with Crippen LogP contribution in [0.5, 0.6) is 0 Å². The van der Waals surface area contributed by atoms with Crippen LogP contribution in [-0.2, 0) is 6.61 Å². The summed E-state index contributed by atoms with van der Waals surface area (Å²) in [5, 5.41) is 9.02. The van der Waals surface area contributed by atoms with Gasteiger partial charge in [-0.15, -0.1) is 0 Å². The molecule has 0 saturated heterocycles. The molecule has 0 atom stereocenters. The average Bonchev–Trinajstić information content (AvgIpc) is 2.30. The molecule has 0 aliphatic carbocycles. The Morgan fingerprint density at radius 1 is 1.06 bits per heavy atom. The average molecular weight is 216 g/mol.